The summed E-state index contributed by atoms with van der Waals surface area (Å²) in [5, 5.41) is 8.53. The lowest BCUT2D eigenvalue weighted by Gasteiger charge is -1.95. The van der Waals surface area contributed by atoms with Crippen molar-refractivity contribution in [2.24, 2.45) is 0 Å². The zero-order chi connectivity index (χ0) is 8.43. The predicted molar refractivity (Wildman–Crippen MR) is 46.6 cm³/mol. The molecule has 0 unspecified atom stereocenters. The Morgan fingerprint density at radius 1 is 1.45 bits per heavy atom. The second-order valence-corrected chi connectivity index (χ2v) is 3.53. The Kier molecular flexibility index (Phi) is 2.62. The molecule has 0 spiro atoms. The molecule has 0 aromatic carbocycles. The number of nitrogens with zero attached hydrogens (tertiary/aromatic N) is 1. The van der Waals surface area contributed by atoms with E-state index >= 15 is 0 Å². The molecule has 1 aromatic heterocycles. The van der Waals surface area contributed by atoms with E-state index in [1.807, 2.05) is 0 Å². The van der Waals surface area contributed by atoms with Crippen LogP contribution >= 0.6 is 31.9 Å². The number of carboxylic acids is 1. The summed E-state index contributed by atoms with van der Waals surface area (Å²) in [6, 6.07) is 3.11. The summed E-state index contributed by atoms with van der Waals surface area (Å²) < 4.78 is 1.20. The Morgan fingerprint density at radius 3 is 2.55 bits per heavy atom. The maximum Gasteiger partial charge on any atom is 0.354 e. The number of hydrogen-bond acceptors (Lipinski definition) is 2. The number of carboxylic acid groups (broad SMARTS) is 1. The van der Waals surface area contributed by atoms with E-state index in [-0.39, 0.29) is 5.69 Å². The van der Waals surface area contributed by atoms with Crippen molar-refractivity contribution in [3.8, 4) is 0 Å². The molecule has 0 amide bonds. The van der Waals surface area contributed by atoms with Gasteiger partial charge in [0.15, 0.2) is 5.69 Å². The van der Waals surface area contributed by atoms with Gasteiger partial charge < -0.3 is 5.11 Å². The molecule has 0 saturated carbocycles. The van der Waals surface area contributed by atoms with Crippen LogP contribution < -0.4 is 0 Å². The average molecular weight is 281 g/mol. The fraction of sp³-hybridized carbons (Fsp3) is 0. The fourth-order valence-corrected chi connectivity index (χ4v) is 1.75. The minimum absolute atomic E-state index is 0.0197. The van der Waals surface area contributed by atoms with Crippen LogP contribution in [0.1, 0.15) is 10.5 Å². The molecule has 0 atom stereocenters. The molecule has 0 saturated heterocycles. The Bertz CT molecular complexity index is 280. The maximum absolute atomic E-state index is 10.4. The molecule has 1 aromatic rings. The summed E-state index contributed by atoms with van der Waals surface area (Å²) in [7, 11) is 0. The number of aromatic carboxylic acids is 1. The molecule has 11 heavy (non-hydrogen) atoms. The third kappa shape index (κ3) is 2.27. The monoisotopic (exact) mass is 279 g/mol. The molecule has 0 aliphatic carbocycles. The van der Waals surface area contributed by atoms with E-state index in [4.69, 9.17) is 5.11 Å². The van der Waals surface area contributed by atoms with Gasteiger partial charge in [0.25, 0.3) is 0 Å². The molecule has 3 nitrogen and oxygen atoms in total. The first-order valence-corrected chi connectivity index (χ1v) is 4.24. The van der Waals surface area contributed by atoms with Crippen LogP contribution in [-0.2, 0) is 0 Å². The molecule has 0 aliphatic heterocycles. The van der Waals surface area contributed by atoms with Gasteiger partial charge in [0.1, 0.15) is 4.60 Å². The topological polar surface area (TPSA) is 50.2 Å². The average Bonchev–Trinajstić information content (AvgIpc) is 1.85. The van der Waals surface area contributed by atoms with E-state index < -0.39 is 5.97 Å². The summed E-state index contributed by atoms with van der Waals surface area (Å²) in [6.45, 7) is 0. The lowest BCUT2D eigenvalue weighted by molar-refractivity contribution is 0.0690. The van der Waals surface area contributed by atoms with Crippen molar-refractivity contribution in [1.29, 1.82) is 0 Å². The van der Waals surface area contributed by atoms with E-state index in [1.165, 1.54) is 6.07 Å². The van der Waals surface area contributed by atoms with Crippen LogP contribution in [0.4, 0.5) is 0 Å². The molecule has 0 radical (unpaired) electrons. The van der Waals surface area contributed by atoms with Crippen LogP contribution in [0.2, 0.25) is 0 Å². The molecule has 5 heteroatoms. The normalized spacial score (nSPS) is 9.64. The van der Waals surface area contributed by atoms with Crippen LogP contribution in [0.3, 0.4) is 0 Å². The number of halogens is 2. The Morgan fingerprint density at radius 2 is 2.09 bits per heavy atom. The largest absolute Gasteiger partial charge is 0.477 e. The van der Waals surface area contributed by atoms with Gasteiger partial charge in [0.05, 0.1) is 0 Å². The summed E-state index contributed by atoms with van der Waals surface area (Å²) in [5.74, 6) is -1.04. The van der Waals surface area contributed by atoms with Crippen molar-refractivity contribution in [3.05, 3.63) is 26.9 Å². The van der Waals surface area contributed by atoms with E-state index in [1.54, 1.807) is 6.07 Å². The maximum atomic E-state index is 10.4. The van der Waals surface area contributed by atoms with Crippen LogP contribution in [0.5, 0.6) is 0 Å². The van der Waals surface area contributed by atoms with Crippen LogP contribution in [-0.4, -0.2) is 16.1 Å². The molecule has 58 valence electrons. The molecular formula is C6H3Br2NO2. The van der Waals surface area contributed by atoms with E-state index in [0.717, 1.165) is 0 Å². The fourth-order valence-electron chi connectivity index (χ4n) is 0.575. The molecule has 0 aliphatic rings. The number of hydrogen-bond donors (Lipinski definition) is 1. The molecular weight excluding hydrogens is 278 g/mol. The summed E-state index contributed by atoms with van der Waals surface area (Å²) in [5.41, 5.74) is 0.0197. The van der Waals surface area contributed by atoms with Crippen LogP contribution in [0.15, 0.2) is 21.2 Å². The molecule has 1 N–H and O–H groups in total. The van der Waals surface area contributed by atoms with Crippen molar-refractivity contribution in [2.45, 2.75) is 0 Å². The van der Waals surface area contributed by atoms with E-state index in [9.17, 15) is 4.79 Å². The van der Waals surface area contributed by atoms with Crippen LogP contribution in [0, 0.1) is 0 Å². The Labute approximate surface area is 79.7 Å². The zero-order valence-corrected chi connectivity index (χ0v) is 8.39. The third-order valence-electron chi connectivity index (χ3n) is 0.978. The Hall–Kier alpha value is -0.420. The highest BCUT2D eigenvalue weighted by Gasteiger charge is 2.05. The quantitative estimate of drug-likeness (QED) is 0.803. The first kappa shape index (κ1) is 8.67. The molecule has 0 fully saturated rings. The van der Waals surface area contributed by atoms with Gasteiger partial charge in [-0.2, -0.15) is 0 Å². The second-order valence-electron chi connectivity index (χ2n) is 1.80. The van der Waals surface area contributed by atoms with Crippen molar-refractivity contribution < 1.29 is 9.90 Å². The summed E-state index contributed by atoms with van der Waals surface area (Å²) in [4.78, 5) is 14.1. The van der Waals surface area contributed by atoms with Gasteiger partial charge in [-0.05, 0) is 28.1 Å². The van der Waals surface area contributed by atoms with Gasteiger partial charge in [0, 0.05) is 4.47 Å². The number of carbonyl (C=O) groups is 1. The standard InChI is InChI=1S/C6H3Br2NO2/c7-3-1-4(6(10)11)9-5(8)2-3/h1-2H,(H,10,11). The van der Waals surface area contributed by atoms with Crippen LogP contribution in [0.25, 0.3) is 0 Å². The number of rotatable bonds is 1. The van der Waals surface area contributed by atoms with Gasteiger partial charge >= 0.3 is 5.97 Å². The van der Waals surface area contributed by atoms with E-state index in [2.05, 4.69) is 36.8 Å². The third-order valence-corrected chi connectivity index (χ3v) is 1.84. The molecule has 0 bridgehead atoms. The first-order valence-electron chi connectivity index (χ1n) is 2.66. The second kappa shape index (κ2) is 3.32. The summed E-state index contributed by atoms with van der Waals surface area (Å²) >= 11 is 6.22. The Balaban J connectivity index is 3.19. The smallest absolute Gasteiger partial charge is 0.354 e. The van der Waals surface area contributed by atoms with E-state index in [0.29, 0.717) is 9.08 Å². The molecule has 1 heterocycles. The lowest BCUT2D eigenvalue weighted by atomic mass is 10.4. The first-order chi connectivity index (χ1) is 5.09. The van der Waals surface area contributed by atoms with Gasteiger partial charge in [-0.1, -0.05) is 15.9 Å². The minimum atomic E-state index is -1.04. The minimum Gasteiger partial charge on any atom is -0.477 e. The van der Waals surface area contributed by atoms with Crippen molar-refractivity contribution in [2.75, 3.05) is 0 Å². The van der Waals surface area contributed by atoms with Gasteiger partial charge in [-0.25, -0.2) is 9.78 Å². The highest BCUT2D eigenvalue weighted by atomic mass is 79.9. The summed E-state index contributed by atoms with van der Waals surface area (Å²) in [6.07, 6.45) is 0. The van der Waals surface area contributed by atoms with Gasteiger partial charge in [-0.15, -0.1) is 0 Å². The van der Waals surface area contributed by atoms with Gasteiger partial charge in [0.2, 0.25) is 0 Å². The number of aromatic nitrogens is 1. The SMILES string of the molecule is O=C(O)c1cc(Br)cc(Br)n1. The zero-order valence-electron chi connectivity index (χ0n) is 5.21. The lowest BCUT2D eigenvalue weighted by Crippen LogP contribution is -1.99. The van der Waals surface area contributed by atoms with Crippen molar-refractivity contribution in [1.82, 2.24) is 4.98 Å². The highest BCUT2D eigenvalue weighted by molar-refractivity contribution is 9.11. The molecule has 1 rings (SSSR count). The van der Waals surface area contributed by atoms with Crippen molar-refractivity contribution >= 4 is 37.8 Å². The van der Waals surface area contributed by atoms with Gasteiger partial charge in [-0.3, -0.25) is 0 Å². The highest BCUT2D eigenvalue weighted by Crippen LogP contribution is 2.16. The number of pyridine rings is 1. The van der Waals surface area contributed by atoms with Crippen molar-refractivity contribution in [3.63, 3.8) is 0 Å². The predicted octanol–water partition coefficient (Wildman–Crippen LogP) is 2.30.